The standard InChI is InChI=1S/C21H25N9OS/c22-6-12-30-11-3-4-18(30)16-5-8-25-20(26-16)28-21-27-17(14-32-21)19(31)24-7-1-2-10-29-13-9-23-15-29/h5,8-9,13-15,18H,1-4,7,10-12H2,(H,24,31)(H,25,26,27,28). The number of aryl methyl sites for hydroxylation is 1. The van der Waals surface area contributed by atoms with E-state index in [0.717, 1.165) is 44.5 Å². The van der Waals surface area contributed by atoms with Crippen LogP contribution in [-0.2, 0) is 6.54 Å². The van der Waals surface area contributed by atoms with Crippen LogP contribution < -0.4 is 10.6 Å². The van der Waals surface area contributed by atoms with Gasteiger partial charge in [0.2, 0.25) is 5.95 Å². The molecule has 11 heteroatoms. The molecule has 0 aliphatic carbocycles. The van der Waals surface area contributed by atoms with Crippen LogP contribution in [0.2, 0.25) is 0 Å². The third-order valence-corrected chi connectivity index (χ3v) is 6.06. The van der Waals surface area contributed by atoms with Crippen molar-refractivity contribution in [3.63, 3.8) is 0 Å². The molecule has 1 saturated heterocycles. The van der Waals surface area contributed by atoms with Crippen LogP contribution in [-0.4, -0.2) is 54.9 Å². The molecule has 1 fully saturated rings. The largest absolute Gasteiger partial charge is 0.351 e. The second-order valence-corrected chi connectivity index (χ2v) is 8.38. The number of thiazole rings is 1. The average molecular weight is 452 g/mol. The fraction of sp³-hybridized carbons (Fsp3) is 0.429. The fourth-order valence-corrected chi connectivity index (χ4v) is 4.41. The maximum Gasteiger partial charge on any atom is 0.270 e. The summed E-state index contributed by atoms with van der Waals surface area (Å²) in [4.78, 5) is 31.8. The van der Waals surface area contributed by atoms with Gasteiger partial charge in [-0.05, 0) is 38.3 Å². The van der Waals surface area contributed by atoms with Crippen molar-refractivity contribution in [1.82, 2.24) is 34.7 Å². The highest BCUT2D eigenvalue weighted by Crippen LogP contribution is 2.30. The van der Waals surface area contributed by atoms with Gasteiger partial charge in [-0.25, -0.2) is 19.9 Å². The van der Waals surface area contributed by atoms with Crippen molar-refractivity contribution in [1.29, 1.82) is 5.26 Å². The van der Waals surface area contributed by atoms with Crippen molar-refractivity contribution < 1.29 is 4.79 Å². The van der Waals surface area contributed by atoms with Crippen LogP contribution in [0.1, 0.15) is 47.9 Å². The number of imidazole rings is 1. The van der Waals surface area contributed by atoms with Gasteiger partial charge in [-0.3, -0.25) is 9.69 Å². The number of carbonyl (C=O) groups is 1. The average Bonchev–Trinajstić information content (AvgIpc) is 3.56. The van der Waals surface area contributed by atoms with Crippen LogP contribution in [0.3, 0.4) is 0 Å². The van der Waals surface area contributed by atoms with Gasteiger partial charge in [-0.15, -0.1) is 11.3 Å². The van der Waals surface area contributed by atoms with Crippen LogP contribution in [0.4, 0.5) is 11.1 Å². The first-order valence-electron chi connectivity index (χ1n) is 10.6. The monoisotopic (exact) mass is 451 g/mol. The predicted molar refractivity (Wildman–Crippen MR) is 120 cm³/mol. The lowest BCUT2D eigenvalue weighted by atomic mass is 10.1. The molecule has 1 atom stereocenters. The number of rotatable bonds is 10. The van der Waals surface area contributed by atoms with E-state index in [9.17, 15) is 4.79 Å². The van der Waals surface area contributed by atoms with Gasteiger partial charge >= 0.3 is 0 Å². The summed E-state index contributed by atoms with van der Waals surface area (Å²) in [7, 11) is 0. The molecule has 1 aliphatic heterocycles. The Morgan fingerprint density at radius 1 is 1.31 bits per heavy atom. The molecule has 3 aromatic heterocycles. The minimum Gasteiger partial charge on any atom is -0.351 e. The van der Waals surface area contributed by atoms with Crippen molar-refractivity contribution in [3.8, 4) is 6.07 Å². The summed E-state index contributed by atoms with van der Waals surface area (Å²) >= 11 is 1.33. The predicted octanol–water partition coefficient (Wildman–Crippen LogP) is 2.74. The summed E-state index contributed by atoms with van der Waals surface area (Å²) in [5.41, 5.74) is 1.26. The van der Waals surface area contributed by atoms with Crippen LogP contribution >= 0.6 is 11.3 Å². The molecular formula is C21H25N9OS. The molecule has 1 amide bonds. The Kier molecular flexibility index (Phi) is 7.37. The minimum atomic E-state index is -0.190. The summed E-state index contributed by atoms with van der Waals surface area (Å²) in [5.74, 6) is 0.247. The van der Waals surface area contributed by atoms with Crippen LogP contribution in [0.25, 0.3) is 0 Å². The highest BCUT2D eigenvalue weighted by Gasteiger charge is 2.27. The second-order valence-electron chi connectivity index (χ2n) is 7.52. The van der Waals surface area contributed by atoms with Crippen molar-refractivity contribution in [2.75, 3.05) is 25.0 Å². The Balaban J connectivity index is 1.27. The number of likely N-dealkylation sites (tertiary alicyclic amines) is 1. The Morgan fingerprint density at radius 2 is 2.25 bits per heavy atom. The molecule has 0 aromatic carbocycles. The van der Waals surface area contributed by atoms with Crippen LogP contribution in [0.15, 0.2) is 36.4 Å². The highest BCUT2D eigenvalue weighted by atomic mass is 32.1. The fourth-order valence-electron chi connectivity index (χ4n) is 3.72. The number of nitriles is 1. The Bertz CT molecular complexity index is 1060. The van der Waals surface area contributed by atoms with E-state index in [1.807, 2.05) is 16.8 Å². The summed E-state index contributed by atoms with van der Waals surface area (Å²) in [6.45, 7) is 2.78. The molecule has 0 saturated carbocycles. The number of hydrogen-bond acceptors (Lipinski definition) is 9. The molecule has 166 valence electrons. The van der Waals surface area contributed by atoms with E-state index in [1.54, 1.807) is 24.1 Å². The molecule has 10 nitrogen and oxygen atoms in total. The summed E-state index contributed by atoms with van der Waals surface area (Å²) < 4.78 is 2.02. The number of amides is 1. The zero-order valence-electron chi connectivity index (χ0n) is 17.6. The van der Waals surface area contributed by atoms with Gasteiger partial charge in [0.25, 0.3) is 5.91 Å². The summed E-state index contributed by atoms with van der Waals surface area (Å²) in [5, 5.41) is 17.3. The quantitative estimate of drug-likeness (QED) is 0.356. The van der Waals surface area contributed by atoms with Crippen molar-refractivity contribution in [2.45, 2.75) is 38.3 Å². The molecule has 4 heterocycles. The lowest BCUT2D eigenvalue weighted by Gasteiger charge is -2.21. The van der Waals surface area contributed by atoms with Gasteiger partial charge in [-0.2, -0.15) is 5.26 Å². The van der Waals surface area contributed by atoms with Crippen LogP contribution in [0.5, 0.6) is 0 Å². The number of anilines is 2. The van der Waals surface area contributed by atoms with E-state index in [2.05, 4.69) is 41.5 Å². The maximum absolute atomic E-state index is 12.4. The van der Waals surface area contributed by atoms with Gasteiger partial charge in [0.1, 0.15) is 5.69 Å². The summed E-state index contributed by atoms with van der Waals surface area (Å²) in [6.07, 6.45) is 11.0. The van der Waals surface area contributed by atoms with Gasteiger partial charge in [0, 0.05) is 37.1 Å². The Labute approximate surface area is 190 Å². The molecule has 32 heavy (non-hydrogen) atoms. The summed E-state index contributed by atoms with van der Waals surface area (Å²) in [6, 6.07) is 4.24. The van der Waals surface area contributed by atoms with E-state index < -0.39 is 0 Å². The molecule has 4 rings (SSSR count). The molecule has 0 spiro atoms. The number of nitrogens with zero attached hydrogens (tertiary/aromatic N) is 7. The molecule has 3 aromatic rings. The third kappa shape index (κ3) is 5.66. The van der Waals surface area contributed by atoms with E-state index in [1.165, 1.54) is 11.3 Å². The number of carbonyl (C=O) groups excluding carboxylic acids is 1. The SMILES string of the molecule is N#CCN1CCCC1c1ccnc(Nc2nc(C(=O)NCCCCn3ccnc3)cs2)n1. The minimum absolute atomic E-state index is 0.129. The van der Waals surface area contributed by atoms with E-state index in [0.29, 0.717) is 29.9 Å². The van der Waals surface area contributed by atoms with Gasteiger partial charge < -0.3 is 15.2 Å². The topological polar surface area (TPSA) is 125 Å². The number of hydrogen-bond donors (Lipinski definition) is 2. The van der Waals surface area contributed by atoms with Gasteiger partial charge in [0.05, 0.1) is 30.7 Å². The van der Waals surface area contributed by atoms with Crippen LogP contribution in [0, 0.1) is 11.3 Å². The molecule has 1 aliphatic rings. The Morgan fingerprint density at radius 3 is 3.09 bits per heavy atom. The van der Waals surface area contributed by atoms with E-state index in [-0.39, 0.29) is 11.9 Å². The lowest BCUT2D eigenvalue weighted by Crippen LogP contribution is -2.25. The Hall–Kier alpha value is -3.36. The van der Waals surface area contributed by atoms with Crippen molar-refractivity contribution in [2.24, 2.45) is 0 Å². The maximum atomic E-state index is 12.4. The highest BCUT2D eigenvalue weighted by molar-refractivity contribution is 7.14. The lowest BCUT2D eigenvalue weighted by molar-refractivity contribution is 0.0948. The first-order valence-corrected chi connectivity index (χ1v) is 11.5. The number of aromatic nitrogens is 5. The second kappa shape index (κ2) is 10.8. The smallest absolute Gasteiger partial charge is 0.270 e. The first kappa shape index (κ1) is 21.9. The van der Waals surface area contributed by atoms with Crippen molar-refractivity contribution >= 4 is 28.3 Å². The molecule has 0 radical (unpaired) electrons. The van der Waals surface area contributed by atoms with E-state index >= 15 is 0 Å². The molecular weight excluding hydrogens is 426 g/mol. The number of nitrogens with one attached hydrogen (secondary N) is 2. The molecule has 1 unspecified atom stereocenters. The molecule has 2 N–H and O–H groups in total. The zero-order valence-corrected chi connectivity index (χ0v) is 18.5. The van der Waals surface area contributed by atoms with Gasteiger partial charge in [0.15, 0.2) is 5.13 Å². The first-order chi connectivity index (χ1) is 15.7. The zero-order chi connectivity index (χ0) is 22.2. The normalized spacial score (nSPS) is 16.0. The van der Waals surface area contributed by atoms with Crippen molar-refractivity contribution in [3.05, 3.63) is 47.8 Å². The number of unbranched alkanes of at least 4 members (excludes halogenated alkanes) is 1. The third-order valence-electron chi connectivity index (χ3n) is 5.30. The molecule has 0 bridgehead atoms. The van der Waals surface area contributed by atoms with E-state index in [4.69, 9.17) is 5.26 Å². The van der Waals surface area contributed by atoms with Gasteiger partial charge in [-0.1, -0.05) is 0 Å².